The van der Waals surface area contributed by atoms with Gasteiger partial charge in [-0.2, -0.15) is 13.2 Å². The van der Waals surface area contributed by atoms with Gasteiger partial charge in [-0.05, 0) is 99.8 Å². The molecule has 0 bridgehead atoms. The first kappa shape index (κ1) is 32.8. The van der Waals surface area contributed by atoms with Crippen LogP contribution in [0, 0.1) is 11.3 Å². The number of hydrogen-bond acceptors (Lipinski definition) is 7. The van der Waals surface area contributed by atoms with E-state index in [0.717, 1.165) is 111 Å². The number of carbonyl (C=O) groups excluding carboxylic acids is 1. The quantitative estimate of drug-likeness (QED) is 0.183. The molecule has 4 aromatic rings. The fraction of sp³-hybridized carbons (Fsp3) is 0.525. The predicted molar refractivity (Wildman–Crippen MR) is 186 cm³/mol. The molecule has 1 amide bonds. The van der Waals surface area contributed by atoms with Gasteiger partial charge in [0.05, 0.1) is 30.4 Å². The summed E-state index contributed by atoms with van der Waals surface area (Å²) in [6.07, 6.45) is 5.89. The van der Waals surface area contributed by atoms with Crippen LogP contribution in [0.25, 0.3) is 22.2 Å². The highest BCUT2D eigenvalue weighted by Crippen LogP contribution is 2.55. The van der Waals surface area contributed by atoms with Crippen LogP contribution >= 0.6 is 0 Å². The number of nitrogens with zero attached hydrogens (tertiary/aromatic N) is 4. The number of pyridine rings is 1. The zero-order chi connectivity index (χ0) is 34.7. The van der Waals surface area contributed by atoms with Gasteiger partial charge in [0.1, 0.15) is 22.9 Å². The first-order valence-corrected chi connectivity index (χ1v) is 18.6. The molecule has 3 aliphatic carbocycles. The maximum absolute atomic E-state index is 14.0. The van der Waals surface area contributed by atoms with Crippen molar-refractivity contribution in [3.05, 3.63) is 71.1 Å². The van der Waals surface area contributed by atoms with Gasteiger partial charge in [0.25, 0.3) is 5.91 Å². The van der Waals surface area contributed by atoms with E-state index in [2.05, 4.69) is 22.2 Å². The molecular formula is C40H43F3N4O4. The van der Waals surface area contributed by atoms with Crippen molar-refractivity contribution in [2.45, 2.75) is 82.4 Å². The number of fused-ring (bicyclic) bond motifs is 1. The Hall–Kier alpha value is -4.12. The number of anilines is 1. The van der Waals surface area contributed by atoms with Crippen molar-refractivity contribution in [2.75, 3.05) is 44.3 Å². The number of alkyl halides is 3. The Morgan fingerprint density at radius 3 is 2.43 bits per heavy atom. The molecule has 2 aliphatic heterocycles. The van der Waals surface area contributed by atoms with Crippen LogP contribution in [0.3, 0.4) is 0 Å². The lowest BCUT2D eigenvalue weighted by Crippen LogP contribution is -2.47. The summed E-state index contributed by atoms with van der Waals surface area (Å²) in [4.78, 5) is 22.4. The Labute approximate surface area is 295 Å². The minimum Gasteiger partial charge on any atom is -0.490 e. The summed E-state index contributed by atoms with van der Waals surface area (Å²) in [5.74, 6) is 2.11. The van der Waals surface area contributed by atoms with Crippen molar-refractivity contribution in [2.24, 2.45) is 11.3 Å². The van der Waals surface area contributed by atoms with Crippen LogP contribution in [0.2, 0.25) is 0 Å². The zero-order valence-corrected chi connectivity index (χ0v) is 28.7. The minimum absolute atomic E-state index is 0.0852. The van der Waals surface area contributed by atoms with Gasteiger partial charge in [0.15, 0.2) is 0 Å². The molecule has 3 saturated carbocycles. The first-order chi connectivity index (χ1) is 24.7. The second-order valence-electron chi connectivity index (χ2n) is 15.4. The molecule has 51 heavy (non-hydrogen) atoms. The first-order valence-electron chi connectivity index (χ1n) is 18.6. The van der Waals surface area contributed by atoms with Crippen LogP contribution in [0.1, 0.15) is 91.1 Å². The van der Waals surface area contributed by atoms with Gasteiger partial charge >= 0.3 is 6.18 Å². The van der Waals surface area contributed by atoms with E-state index in [9.17, 15) is 18.0 Å². The molecule has 268 valence electrons. The highest BCUT2D eigenvalue weighted by molar-refractivity contribution is 5.98. The van der Waals surface area contributed by atoms with Crippen molar-refractivity contribution in [3.63, 3.8) is 0 Å². The van der Waals surface area contributed by atoms with Crippen molar-refractivity contribution >= 4 is 22.5 Å². The third kappa shape index (κ3) is 6.36. The molecule has 2 aromatic heterocycles. The smallest absolute Gasteiger partial charge is 0.417 e. The summed E-state index contributed by atoms with van der Waals surface area (Å²) in [5, 5.41) is 5.18. The van der Waals surface area contributed by atoms with E-state index < -0.39 is 11.7 Å². The molecule has 1 spiro atoms. The second kappa shape index (κ2) is 12.8. The molecule has 9 rings (SSSR count). The number of halogens is 3. The van der Waals surface area contributed by atoms with Crippen molar-refractivity contribution in [1.82, 2.24) is 15.0 Å². The zero-order valence-electron chi connectivity index (χ0n) is 28.7. The minimum atomic E-state index is -4.46. The second-order valence-corrected chi connectivity index (χ2v) is 15.4. The fourth-order valence-electron chi connectivity index (χ4n) is 8.76. The van der Waals surface area contributed by atoms with Crippen LogP contribution in [-0.2, 0) is 17.3 Å². The topological polar surface area (TPSA) is 80.9 Å². The Morgan fingerprint density at radius 1 is 0.961 bits per heavy atom. The average molecular weight is 701 g/mol. The largest absolute Gasteiger partial charge is 0.490 e. The number of rotatable bonds is 8. The Bertz CT molecular complexity index is 1930. The summed E-state index contributed by atoms with van der Waals surface area (Å²) in [6.45, 7) is 4.07. The molecule has 0 atom stereocenters. The molecule has 2 aromatic carbocycles. The predicted octanol–water partition coefficient (Wildman–Crippen LogP) is 8.43. The number of amides is 1. The number of hydrogen-bond donors (Lipinski definition) is 0. The number of carbonyl (C=O) groups is 1. The number of ether oxygens (including phenoxy) is 2. The lowest BCUT2D eigenvalue weighted by molar-refractivity contribution is -0.137. The number of morpholine rings is 1. The Balaban J connectivity index is 0.893. The van der Waals surface area contributed by atoms with Crippen LogP contribution in [0.15, 0.2) is 53.1 Å². The molecule has 5 aliphatic rings. The molecule has 0 N–H and O–H groups in total. The standard InChI is InChI=1S/C40H43F3N4O4/c41-40(42,43)32-7-2-1-6-29(32)36-31(37(51-45-36)26-8-9-26)20-25-23-39(24-25)12-14-46(15-13-39)27-10-11-33-30(21-27)35(50-28-4-3-5-28)22-34(44-33)38(48)47-16-18-49-19-17-47/h1-2,6-7,10-11,21-22,25-26,28H,3-5,8-9,12-20,23-24H2. The third-order valence-electron chi connectivity index (χ3n) is 12.0. The number of aromatic nitrogens is 2. The van der Waals surface area contributed by atoms with Gasteiger partial charge in [-0.3, -0.25) is 4.79 Å². The monoisotopic (exact) mass is 700 g/mol. The van der Waals surface area contributed by atoms with E-state index in [1.807, 2.05) is 12.1 Å². The normalized spacial score (nSPS) is 21.2. The van der Waals surface area contributed by atoms with E-state index >= 15 is 0 Å². The van der Waals surface area contributed by atoms with Gasteiger partial charge in [-0.15, -0.1) is 0 Å². The van der Waals surface area contributed by atoms with Crippen LogP contribution in [0.5, 0.6) is 5.75 Å². The highest BCUT2D eigenvalue weighted by atomic mass is 19.4. The summed E-state index contributed by atoms with van der Waals surface area (Å²) in [6, 6.07) is 13.9. The van der Waals surface area contributed by atoms with Gasteiger partial charge in [0.2, 0.25) is 0 Å². The molecule has 0 radical (unpaired) electrons. The summed E-state index contributed by atoms with van der Waals surface area (Å²) < 4.78 is 59.6. The molecular weight excluding hydrogens is 657 g/mol. The maximum Gasteiger partial charge on any atom is 0.417 e. The molecule has 8 nitrogen and oxygen atoms in total. The fourth-order valence-corrected chi connectivity index (χ4v) is 8.76. The maximum atomic E-state index is 14.0. The van der Waals surface area contributed by atoms with Gasteiger partial charge in [-0.1, -0.05) is 23.4 Å². The van der Waals surface area contributed by atoms with Crippen LogP contribution in [-0.4, -0.2) is 66.4 Å². The van der Waals surface area contributed by atoms with E-state index in [1.165, 1.54) is 12.1 Å². The Kier molecular flexibility index (Phi) is 8.24. The molecule has 0 unspecified atom stereocenters. The Morgan fingerprint density at radius 2 is 1.73 bits per heavy atom. The van der Waals surface area contributed by atoms with E-state index in [1.54, 1.807) is 11.0 Å². The number of benzene rings is 2. The average Bonchev–Trinajstić information content (AvgIpc) is 3.88. The van der Waals surface area contributed by atoms with E-state index in [4.69, 9.17) is 19.0 Å². The molecule has 2 saturated heterocycles. The SMILES string of the molecule is O=C(c1cc(OC2CCC2)c2cc(N3CCC4(CC3)CC(Cc3c(-c5ccccc5C(F)(F)F)noc3C3CC3)C4)ccc2n1)N1CCOCC1. The van der Waals surface area contributed by atoms with Crippen molar-refractivity contribution in [1.29, 1.82) is 0 Å². The van der Waals surface area contributed by atoms with Gasteiger partial charge in [-0.25, -0.2) is 4.98 Å². The number of piperidine rings is 1. The molecule has 11 heteroatoms. The van der Waals surface area contributed by atoms with Crippen LogP contribution in [0.4, 0.5) is 18.9 Å². The van der Waals surface area contributed by atoms with E-state index in [0.29, 0.717) is 50.0 Å². The van der Waals surface area contributed by atoms with Crippen LogP contribution < -0.4 is 9.64 Å². The van der Waals surface area contributed by atoms with Gasteiger partial charge in [0, 0.05) is 60.4 Å². The summed E-state index contributed by atoms with van der Waals surface area (Å²) >= 11 is 0. The van der Waals surface area contributed by atoms with Gasteiger partial charge < -0.3 is 23.8 Å². The summed E-state index contributed by atoms with van der Waals surface area (Å²) in [7, 11) is 0. The van der Waals surface area contributed by atoms with Crippen molar-refractivity contribution < 1.29 is 32.0 Å². The lowest BCUT2D eigenvalue weighted by atomic mass is 9.56. The molecule has 4 heterocycles. The lowest BCUT2D eigenvalue weighted by Gasteiger charge is -2.53. The van der Waals surface area contributed by atoms with E-state index in [-0.39, 0.29) is 28.9 Å². The third-order valence-corrected chi connectivity index (χ3v) is 12.0. The van der Waals surface area contributed by atoms with Crippen molar-refractivity contribution in [3.8, 4) is 17.0 Å². The molecule has 5 fully saturated rings. The highest BCUT2D eigenvalue weighted by Gasteiger charge is 2.47. The summed E-state index contributed by atoms with van der Waals surface area (Å²) in [5.41, 5.74) is 3.27.